The van der Waals surface area contributed by atoms with Gasteiger partial charge in [0, 0.05) is 6.07 Å². The lowest BCUT2D eigenvalue weighted by molar-refractivity contribution is -0.0567. The van der Waals surface area contributed by atoms with Gasteiger partial charge in [-0.25, -0.2) is 0 Å². The molecule has 1 aliphatic heterocycles. The molecule has 1 fully saturated rings. The highest BCUT2D eigenvalue weighted by Crippen LogP contribution is 2.35. The molecule has 0 bridgehead atoms. The first kappa shape index (κ1) is 12.4. The smallest absolute Gasteiger partial charge is 0.191 e. The third kappa shape index (κ3) is 1.81. The van der Waals surface area contributed by atoms with Crippen LogP contribution in [0.25, 0.3) is 0 Å². The zero-order valence-corrected chi connectivity index (χ0v) is 10.2. The molecule has 0 atom stereocenters. The van der Waals surface area contributed by atoms with E-state index in [2.05, 4.69) is 0 Å². The van der Waals surface area contributed by atoms with Crippen molar-refractivity contribution in [3.8, 4) is 17.6 Å². The lowest BCUT2D eigenvalue weighted by atomic mass is 9.79. The van der Waals surface area contributed by atoms with E-state index in [1.807, 2.05) is 6.07 Å². The number of nitrogens with zero attached hydrogens (tertiary/aromatic N) is 1. The highest BCUT2D eigenvalue weighted by molar-refractivity contribution is 6.05. The van der Waals surface area contributed by atoms with Gasteiger partial charge in [0.1, 0.15) is 11.5 Å². The van der Waals surface area contributed by atoms with E-state index in [0.29, 0.717) is 17.1 Å². The van der Waals surface area contributed by atoms with Gasteiger partial charge in [-0.15, -0.1) is 0 Å². The summed E-state index contributed by atoms with van der Waals surface area (Å²) in [5.74, 6) is 0.732. The van der Waals surface area contributed by atoms with E-state index in [9.17, 15) is 4.79 Å². The van der Waals surface area contributed by atoms with Crippen molar-refractivity contribution in [2.75, 3.05) is 27.4 Å². The van der Waals surface area contributed by atoms with Crippen LogP contribution in [0, 0.1) is 16.7 Å². The molecule has 0 aromatic heterocycles. The summed E-state index contributed by atoms with van der Waals surface area (Å²) in [6, 6.07) is 6.93. The molecule has 0 radical (unpaired) electrons. The molecule has 5 heteroatoms. The van der Waals surface area contributed by atoms with Crippen LogP contribution < -0.4 is 9.47 Å². The third-order valence-electron chi connectivity index (χ3n) is 3.00. The molecule has 0 N–H and O–H groups in total. The Hall–Kier alpha value is -2.06. The average Bonchev–Trinajstić information content (AvgIpc) is 2.37. The van der Waals surface area contributed by atoms with E-state index in [1.165, 1.54) is 14.2 Å². The van der Waals surface area contributed by atoms with Gasteiger partial charge in [0.15, 0.2) is 11.2 Å². The molecule has 1 saturated heterocycles. The van der Waals surface area contributed by atoms with Crippen LogP contribution in [0.1, 0.15) is 10.4 Å². The maximum atomic E-state index is 12.3. The van der Waals surface area contributed by atoms with E-state index in [0.717, 1.165) is 0 Å². The van der Waals surface area contributed by atoms with Crippen molar-refractivity contribution >= 4 is 5.78 Å². The molecule has 5 nitrogen and oxygen atoms in total. The molecule has 1 aromatic carbocycles. The molecule has 18 heavy (non-hydrogen) atoms. The van der Waals surface area contributed by atoms with Gasteiger partial charge >= 0.3 is 0 Å². The molecule has 2 rings (SSSR count). The van der Waals surface area contributed by atoms with Gasteiger partial charge in [-0.05, 0) is 12.1 Å². The molecule has 1 aliphatic rings. The summed E-state index contributed by atoms with van der Waals surface area (Å²) in [5.41, 5.74) is -0.690. The van der Waals surface area contributed by atoms with Crippen LogP contribution in [0.15, 0.2) is 18.2 Å². The van der Waals surface area contributed by atoms with Gasteiger partial charge in [-0.2, -0.15) is 5.26 Å². The maximum absolute atomic E-state index is 12.3. The van der Waals surface area contributed by atoms with Gasteiger partial charge in [-0.1, -0.05) is 0 Å². The van der Waals surface area contributed by atoms with E-state index < -0.39 is 5.41 Å². The molecule has 0 amide bonds. The summed E-state index contributed by atoms with van der Waals surface area (Å²) >= 11 is 0. The fraction of sp³-hybridized carbons (Fsp3) is 0.385. The Morgan fingerprint density at radius 1 is 1.39 bits per heavy atom. The monoisotopic (exact) mass is 247 g/mol. The van der Waals surface area contributed by atoms with E-state index in [4.69, 9.17) is 19.5 Å². The number of nitriles is 1. The van der Waals surface area contributed by atoms with Crippen molar-refractivity contribution in [1.82, 2.24) is 0 Å². The number of benzene rings is 1. The van der Waals surface area contributed by atoms with Gasteiger partial charge < -0.3 is 14.2 Å². The van der Waals surface area contributed by atoms with E-state index in [-0.39, 0.29) is 19.0 Å². The summed E-state index contributed by atoms with van der Waals surface area (Å²) in [4.78, 5) is 12.3. The van der Waals surface area contributed by atoms with Crippen LogP contribution in [-0.4, -0.2) is 33.2 Å². The predicted molar refractivity (Wildman–Crippen MR) is 62.7 cm³/mol. The first-order chi connectivity index (χ1) is 8.66. The normalized spacial score (nSPS) is 16.3. The fourth-order valence-corrected chi connectivity index (χ4v) is 1.80. The third-order valence-corrected chi connectivity index (χ3v) is 3.00. The number of Topliss-reactive ketones (excluding diaryl/α,β-unsaturated/α-hetero) is 1. The van der Waals surface area contributed by atoms with Crippen LogP contribution in [0.2, 0.25) is 0 Å². The first-order valence-corrected chi connectivity index (χ1v) is 5.42. The maximum Gasteiger partial charge on any atom is 0.191 e. The van der Waals surface area contributed by atoms with Crippen LogP contribution in [-0.2, 0) is 4.74 Å². The predicted octanol–water partition coefficient (Wildman–Crippen LogP) is 1.43. The Labute approximate surface area is 105 Å². The number of hydrogen-bond donors (Lipinski definition) is 0. The lowest BCUT2D eigenvalue weighted by Gasteiger charge is -2.33. The van der Waals surface area contributed by atoms with Gasteiger partial charge in [0.25, 0.3) is 0 Å². The van der Waals surface area contributed by atoms with Crippen molar-refractivity contribution in [2.45, 2.75) is 0 Å². The fourth-order valence-electron chi connectivity index (χ4n) is 1.80. The van der Waals surface area contributed by atoms with Crippen molar-refractivity contribution in [3.63, 3.8) is 0 Å². The van der Waals surface area contributed by atoms with Crippen LogP contribution in [0.3, 0.4) is 0 Å². The Kier molecular flexibility index (Phi) is 3.21. The Bertz CT molecular complexity index is 514. The van der Waals surface area contributed by atoms with Crippen LogP contribution in [0.4, 0.5) is 0 Å². The quantitative estimate of drug-likeness (QED) is 0.753. The number of carbonyl (C=O) groups excluding carboxylic acids is 1. The molecule has 1 aromatic rings. The van der Waals surface area contributed by atoms with Crippen molar-refractivity contribution in [2.24, 2.45) is 5.41 Å². The minimum Gasteiger partial charge on any atom is -0.497 e. The van der Waals surface area contributed by atoms with E-state index >= 15 is 0 Å². The summed E-state index contributed by atoms with van der Waals surface area (Å²) in [5, 5.41) is 9.12. The lowest BCUT2D eigenvalue weighted by Crippen LogP contribution is -2.48. The number of methoxy groups -OCH3 is 2. The molecule has 0 unspecified atom stereocenters. The molecule has 0 aliphatic carbocycles. The second kappa shape index (κ2) is 4.67. The highest BCUT2D eigenvalue weighted by Gasteiger charge is 2.47. The number of hydrogen-bond acceptors (Lipinski definition) is 5. The SMILES string of the molecule is COc1ccc(C(=O)C2(C#N)COC2)c(OC)c1. The van der Waals surface area contributed by atoms with Crippen molar-refractivity contribution < 1.29 is 19.0 Å². The number of ketones is 1. The minimum absolute atomic E-state index is 0.136. The topological polar surface area (TPSA) is 68.6 Å². The second-order valence-corrected chi connectivity index (χ2v) is 4.08. The van der Waals surface area contributed by atoms with Gasteiger partial charge in [-0.3, -0.25) is 4.79 Å². The molecule has 94 valence electrons. The number of rotatable bonds is 4. The Morgan fingerprint density at radius 2 is 2.11 bits per heavy atom. The van der Waals surface area contributed by atoms with Crippen LogP contribution >= 0.6 is 0 Å². The Morgan fingerprint density at radius 3 is 2.56 bits per heavy atom. The molecule has 1 heterocycles. The number of carbonyl (C=O) groups is 1. The minimum atomic E-state index is -1.07. The highest BCUT2D eigenvalue weighted by atomic mass is 16.5. The first-order valence-electron chi connectivity index (χ1n) is 5.42. The standard InChI is InChI=1S/C13H13NO4/c1-16-9-3-4-10(11(5-9)17-2)12(15)13(6-14)7-18-8-13/h3-5H,7-8H2,1-2H3. The average molecular weight is 247 g/mol. The summed E-state index contributed by atoms with van der Waals surface area (Å²) in [6.45, 7) is 0.273. The van der Waals surface area contributed by atoms with Crippen LogP contribution in [0.5, 0.6) is 11.5 Å². The Balaban J connectivity index is 2.39. The molecular formula is C13H13NO4. The number of ether oxygens (including phenoxy) is 3. The van der Waals surface area contributed by atoms with E-state index in [1.54, 1.807) is 18.2 Å². The second-order valence-electron chi connectivity index (χ2n) is 4.08. The summed E-state index contributed by atoms with van der Waals surface area (Å²) in [6.07, 6.45) is 0. The zero-order valence-electron chi connectivity index (χ0n) is 10.2. The van der Waals surface area contributed by atoms with Crippen molar-refractivity contribution in [1.29, 1.82) is 5.26 Å². The molecule has 0 spiro atoms. The largest absolute Gasteiger partial charge is 0.497 e. The zero-order chi connectivity index (χ0) is 13.2. The molecular weight excluding hydrogens is 234 g/mol. The van der Waals surface area contributed by atoms with Gasteiger partial charge in [0.2, 0.25) is 0 Å². The summed E-state index contributed by atoms with van der Waals surface area (Å²) < 4.78 is 15.2. The van der Waals surface area contributed by atoms with Gasteiger partial charge in [0.05, 0.1) is 39.1 Å². The van der Waals surface area contributed by atoms with Crippen molar-refractivity contribution in [3.05, 3.63) is 23.8 Å². The molecule has 0 saturated carbocycles. The summed E-state index contributed by atoms with van der Waals surface area (Å²) in [7, 11) is 3.01.